The molecule has 3 aromatic rings. The summed E-state index contributed by atoms with van der Waals surface area (Å²) >= 11 is 0. The lowest BCUT2D eigenvalue weighted by Gasteiger charge is -2.22. The summed E-state index contributed by atoms with van der Waals surface area (Å²) in [6, 6.07) is 24.1. The minimum absolute atomic E-state index is 0.0958. The third kappa shape index (κ3) is 4.98. The maximum Gasteiger partial charge on any atom is 0.255 e. The molecule has 6 heteroatoms. The second-order valence-electron chi connectivity index (χ2n) is 6.64. The van der Waals surface area contributed by atoms with Crippen LogP contribution in [0.5, 0.6) is 0 Å². The fraction of sp³-hybridized carbons (Fsp3) is 0.136. The first-order valence-corrected chi connectivity index (χ1v) is 10.9. The Morgan fingerprint density at radius 3 is 2.32 bits per heavy atom. The Morgan fingerprint density at radius 1 is 0.929 bits per heavy atom. The first-order valence-electron chi connectivity index (χ1n) is 8.79. The van der Waals surface area contributed by atoms with Gasteiger partial charge in [-0.05, 0) is 42.0 Å². The molecular weight excluding hydrogens is 372 g/mol. The number of hydrogen-bond donors (Lipinski definition) is 1. The quantitative estimate of drug-likeness (QED) is 0.679. The van der Waals surface area contributed by atoms with Crippen molar-refractivity contribution in [2.45, 2.75) is 5.75 Å². The Hall–Kier alpha value is -3.12. The number of carbonyl (C=O) groups is 1. The minimum atomic E-state index is -3.17. The lowest BCUT2D eigenvalue weighted by atomic mass is 10.1. The summed E-state index contributed by atoms with van der Waals surface area (Å²) in [6.45, 7) is 0. The molecule has 0 aromatic heterocycles. The number of benzene rings is 3. The van der Waals surface area contributed by atoms with Gasteiger partial charge in [-0.1, -0.05) is 42.5 Å². The predicted octanol–water partition coefficient (Wildman–Crippen LogP) is 4.25. The van der Waals surface area contributed by atoms with Crippen LogP contribution in [0.4, 0.5) is 17.1 Å². The standard InChI is InChI=1S/C22H22N2O3S/c1-24(19-11-4-3-5-12-19)21-14-7-6-13-20(21)23-22(25)18-10-8-9-17(15-18)16-28(2,26)27/h3-15H,16H2,1-2H3,(H,23,25). The number of nitrogens with one attached hydrogen (secondary N) is 1. The maximum absolute atomic E-state index is 12.8. The van der Waals surface area contributed by atoms with Crippen LogP contribution < -0.4 is 10.2 Å². The average Bonchev–Trinajstić information content (AvgIpc) is 2.67. The number of rotatable bonds is 6. The van der Waals surface area contributed by atoms with Gasteiger partial charge in [-0.3, -0.25) is 4.79 Å². The molecule has 0 fully saturated rings. The number of anilines is 3. The van der Waals surface area contributed by atoms with Crippen LogP contribution in [-0.4, -0.2) is 27.6 Å². The number of hydrogen-bond acceptors (Lipinski definition) is 4. The highest BCUT2D eigenvalue weighted by Crippen LogP contribution is 2.30. The third-order valence-electron chi connectivity index (χ3n) is 4.28. The molecule has 3 rings (SSSR count). The Morgan fingerprint density at radius 2 is 1.61 bits per heavy atom. The topological polar surface area (TPSA) is 66.5 Å². The molecule has 0 atom stereocenters. The molecule has 0 aliphatic carbocycles. The van der Waals surface area contributed by atoms with Gasteiger partial charge in [-0.2, -0.15) is 0 Å². The maximum atomic E-state index is 12.8. The summed E-state index contributed by atoms with van der Waals surface area (Å²) in [6.07, 6.45) is 1.18. The molecule has 0 saturated heterocycles. The lowest BCUT2D eigenvalue weighted by Crippen LogP contribution is -2.17. The fourth-order valence-corrected chi connectivity index (χ4v) is 3.75. The molecule has 0 radical (unpaired) electrons. The number of nitrogens with zero attached hydrogens (tertiary/aromatic N) is 1. The van der Waals surface area contributed by atoms with Crippen molar-refractivity contribution in [1.29, 1.82) is 0 Å². The predicted molar refractivity (Wildman–Crippen MR) is 114 cm³/mol. The summed E-state index contributed by atoms with van der Waals surface area (Å²) in [5, 5.41) is 2.94. The summed E-state index contributed by atoms with van der Waals surface area (Å²) in [5.41, 5.74) is 3.53. The van der Waals surface area contributed by atoms with Gasteiger partial charge in [0.15, 0.2) is 9.84 Å². The number of para-hydroxylation sites is 3. The van der Waals surface area contributed by atoms with Gasteiger partial charge < -0.3 is 10.2 Å². The zero-order chi connectivity index (χ0) is 20.1. The molecule has 0 aliphatic rings. The van der Waals surface area contributed by atoms with Crippen molar-refractivity contribution in [1.82, 2.24) is 0 Å². The normalized spacial score (nSPS) is 11.1. The molecular formula is C22H22N2O3S. The molecule has 5 nitrogen and oxygen atoms in total. The van der Waals surface area contributed by atoms with Crippen molar-refractivity contribution in [3.8, 4) is 0 Å². The molecule has 3 aromatic carbocycles. The SMILES string of the molecule is CN(c1ccccc1)c1ccccc1NC(=O)c1cccc(CS(C)(=O)=O)c1. The molecule has 0 bridgehead atoms. The van der Waals surface area contributed by atoms with Crippen LogP contribution >= 0.6 is 0 Å². The molecule has 0 unspecified atom stereocenters. The van der Waals surface area contributed by atoms with E-state index in [1.165, 1.54) is 6.26 Å². The van der Waals surface area contributed by atoms with Crippen molar-refractivity contribution >= 4 is 32.8 Å². The zero-order valence-corrected chi connectivity index (χ0v) is 16.6. The van der Waals surface area contributed by atoms with Gasteiger partial charge in [-0.15, -0.1) is 0 Å². The van der Waals surface area contributed by atoms with Crippen LogP contribution in [0.1, 0.15) is 15.9 Å². The first-order chi connectivity index (χ1) is 13.3. The molecule has 0 saturated carbocycles. The van der Waals surface area contributed by atoms with E-state index in [2.05, 4.69) is 5.32 Å². The van der Waals surface area contributed by atoms with Crippen molar-refractivity contribution in [2.24, 2.45) is 0 Å². The largest absolute Gasteiger partial charge is 0.343 e. The molecule has 1 amide bonds. The van der Waals surface area contributed by atoms with Crippen molar-refractivity contribution in [3.05, 3.63) is 90.0 Å². The van der Waals surface area contributed by atoms with Gasteiger partial charge in [0.2, 0.25) is 0 Å². The van der Waals surface area contributed by atoms with Gasteiger partial charge in [0.1, 0.15) is 0 Å². The first kappa shape index (κ1) is 19.6. The van der Waals surface area contributed by atoms with Crippen LogP contribution in [-0.2, 0) is 15.6 Å². The number of amides is 1. The average molecular weight is 394 g/mol. The van der Waals surface area contributed by atoms with E-state index in [1.807, 2.05) is 66.5 Å². The van der Waals surface area contributed by atoms with Crippen molar-refractivity contribution in [2.75, 3.05) is 23.5 Å². The smallest absolute Gasteiger partial charge is 0.255 e. The van der Waals surface area contributed by atoms with E-state index in [-0.39, 0.29) is 11.7 Å². The Labute approximate surface area is 165 Å². The van der Waals surface area contributed by atoms with Crippen LogP contribution in [0.2, 0.25) is 0 Å². The van der Waals surface area contributed by atoms with E-state index in [9.17, 15) is 13.2 Å². The monoisotopic (exact) mass is 394 g/mol. The number of carbonyl (C=O) groups excluding carboxylic acids is 1. The summed E-state index contributed by atoms with van der Waals surface area (Å²) < 4.78 is 23.0. The Balaban J connectivity index is 1.85. The number of sulfone groups is 1. The van der Waals surface area contributed by atoms with Crippen LogP contribution in [0.25, 0.3) is 0 Å². The highest BCUT2D eigenvalue weighted by Gasteiger charge is 2.14. The van der Waals surface area contributed by atoms with Crippen molar-refractivity contribution < 1.29 is 13.2 Å². The van der Waals surface area contributed by atoms with Gasteiger partial charge in [0, 0.05) is 24.6 Å². The van der Waals surface area contributed by atoms with Gasteiger partial charge in [0.25, 0.3) is 5.91 Å². The van der Waals surface area contributed by atoms with Crippen LogP contribution in [0.3, 0.4) is 0 Å². The fourth-order valence-electron chi connectivity index (χ4n) is 2.96. The van der Waals surface area contributed by atoms with Gasteiger partial charge >= 0.3 is 0 Å². The molecule has 0 heterocycles. The Kier molecular flexibility index (Phi) is 5.80. The van der Waals surface area contributed by atoms with Gasteiger partial charge in [0.05, 0.1) is 17.1 Å². The molecule has 0 spiro atoms. The minimum Gasteiger partial charge on any atom is -0.343 e. The summed E-state index contributed by atoms with van der Waals surface area (Å²) in [5.74, 6) is -0.384. The molecule has 1 N–H and O–H groups in total. The van der Waals surface area contributed by atoms with E-state index in [0.29, 0.717) is 16.8 Å². The van der Waals surface area contributed by atoms with E-state index < -0.39 is 9.84 Å². The third-order valence-corrected chi connectivity index (χ3v) is 5.13. The van der Waals surface area contributed by atoms with E-state index >= 15 is 0 Å². The summed E-state index contributed by atoms with van der Waals surface area (Å²) in [4.78, 5) is 14.8. The lowest BCUT2D eigenvalue weighted by molar-refractivity contribution is 0.102. The van der Waals surface area contributed by atoms with Crippen LogP contribution in [0, 0.1) is 0 Å². The van der Waals surface area contributed by atoms with E-state index in [1.54, 1.807) is 24.3 Å². The van der Waals surface area contributed by atoms with Crippen LogP contribution in [0.15, 0.2) is 78.9 Å². The second kappa shape index (κ2) is 8.27. The molecule has 28 heavy (non-hydrogen) atoms. The molecule has 0 aliphatic heterocycles. The highest BCUT2D eigenvalue weighted by molar-refractivity contribution is 7.89. The van der Waals surface area contributed by atoms with Gasteiger partial charge in [-0.25, -0.2) is 8.42 Å². The highest BCUT2D eigenvalue weighted by atomic mass is 32.2. The van der Waals surface area contributed by atoms with Crippen molar-refractivity contribution in [3.63, 3.8) is 0 Å². The van der Waals surface area contributed by atoms with E-state index in [4.69, 9.17) is 0 Å². The van der Waals surface area contributed by atoms with E-state index in [0.717, 1.165) is 11.4 Å². The zero-order valence-electron chi connectivity index (χ0n) is 15.8. The Bertz CT molecular complexity index is 1080. The second-order valence-corrected chi connectivity index (χ2v) is 8.78. The summed E-state index contributed by atoms with van der Waals surface area (Å²) in [7, 11) is -1.23. The molecule has 144 valence electrons.